The van der Waals surface area contributed by atoms with Crippen LogP contribution < -0.4 is 0 Å². The van der Waals surface area contributed by atoms with E-state index in [2.05, 4.69) is 19.6 Å². The third-order valence-electron chi connectivity index (χ3n) is 3.33. The fourth-order valence-electron chi connectivity index (χ4n) is 2.14. The molecule has 0 aliphatic carbocycles. The first kappa shape index (κ1) is 17.4. The summed E-state index contributed by atoms with van der Waals surface area (Å²) in [5, 5.41) is 0. The molecule has 0 heterocycles. The van der Waals surface area contributed by atoms with Gasteiger partial charge in [0.25, 0.3) is 0 Å². The molecule has 0 bridgehead atoms. The highest BCUT2D eigenvalue weighted by atomic mass is 32.2. The van der Waals surface area contributed by atoms with Gasteiger partial charge in [-0.1, -0.05) is 25.1 Å². The summed E-state index contributed by atoms with van der Waals surface area (Å²) in [5.74, 6) is 0.0357. The van der Waals surface area contributed by atoms with Crippen LogP contribution in [0.4, 0.5) is 0 Å². The van der Waals surface area contributed by atoms with E-state index < -0.39 is 23.8 Å². The molecule has 1 rings (SSSR count). The van der Waals surface area contributed by atoms with Gasteiger partial charge in [0.05, 0.1) is 16.2 Å². The smallest absolute Gasteiger partial charge is 0.184 e. The van der Waals surface area contributed by atoms with Crippen LogP contribution in [0.15, 0.2) is 35.2 Å². The van der Waals surface area contributed by atoms with Crippen molar-refractivity contribution in [2.45, 2.75) is 50.9 Å². The average Bonchev–Trinajstić information content (AvgIpc) is 2.26. The molecule has 3 nitrogen and oxygen atoms in total. The van der Waals surface area contributed by atoms with Crippen molar-refractivity contribution in [1.82, 2.24) is 0 Å². The van der Waals surface area contributed by atoms with Crippen LogP contribution in [0.1, 0.15) is 20.8 Å². The molecule has 114 valence electrons. The zero-order chi connectivity index (χ0) is 15.6. The quantitative estimate of drug-likeness (QED) is 0.752. The summed E-state index contributed by atoms with van der Waals surface area (Å²) in [4.78, 5) is 0.385. The molecule has 20 heavy (non-hydrogen) atoms. The molecular weight excluding hydrogens is 288 g/mol. The molecule has 1 aromatic rings. The third-order valence-corrected chi connectivity index (χ3v) is 6.40. The summed E-state index contributed by atoms with van der Waals surface area (Å²) in [6.45, 7) is 12.3. The lowest BCUT2D eigenvalue weighted by Crippen LogP contribution is -2.44. The van der Waals surface area contributed by atoms with Crippen LogP contribution in [0.2, 0.25) is 19.6 Å². The standard InChI is InChI=1S/C15H26O3SSi/c1-13(15(2,3)18-20(4,5)6)12-19(16,17)14-10-8-7-9-11-14/h7-11,13H,12H2,1-6H3/t13-/m1/s1. The molecule has 0 unspecified atom stereocenters. The Bertz CT molecular complexity index is 530. The maximum atomic E-state index is 12.4. The van der Waals surface area contributed by atoms with Gasteiger partial charge in [0.1, 0.15) is 0 Å². The molecule has 1 atom stereocenters. The highest BCUT2D eigenvalue weighted by Gasteiger charge is 2.35. The van der Waals surface area contributed by atoms with Crippen molar-refractivity contribution >= 4 is 18.2 Å². The Morgan fingerprint density at radius 2 is 1.65 bits per heavy atom. The summed E-state index contributed by atoms with van der Waals surface area (Å²) in [6, 6.07) is 8.62. The molecule has 0 spiro atoms. The van der Waals surface area contributed by atoms with Crippen LogP contribution in [0.25, 0.3) is 0 Å². The van der Waals surface area contributed by atoms with E-state index in [0.717, 1.165) is 0 Å². The topological polar surface area (TPSA) is 43.4 Å². The molecule has 0 saturated carbocycles. The Kier molecular flexibility index (Phi) is 5.22. The van der Waals surface area contributed by atoms with Gasteiger partial charge in [0, 0.05) is 0 Å². The summed E-state index contributed by atoms with van der Waals surface area (Å²) in [6.07, 6.45) is 0. The predicted molar refractivity (Wildman–Crippen MR) is 86.2 cm³/mol. The van der Waals surface area contributed by atoms with Crippen LogP contribution in [0, 0.1) is 5.92 Å². The summed E-state index contributed by atoms with van der Waals surface area (Å²) in [5.41, 5.74) is -0.438. The molecule has 1 aromatic carbocycles. The zero-order valence-corrected chi connectivity index (χ0v) is 15.1. The van der Waals surface area contributed by atoms with E-state index in [-0.39, 0.29) is 11.7 Å². The molecule has 0 saturated heterocycles. The van der Waals surface area contributed by atoms with Crippen LogP contribution in [0.3, 0.4) is 0 Å². The average molecular weight is 315 g/mol. The maximum Gasteiger partial charge on any atom is 0.184 e. The van der Waals surface area contributed by atoms with E-state index in [1.54, 1.807) is 24.3 Å². The molecule has 5 heteroatoms. The second-order valence-electron chi connectivity index (χ2n) is 6.81. The highest BCUT2D eigenvalue weighted by molar-refractivity contribution is 7.91. The number of rotatable bonds is 6. The molecule has 0 aromatic heterocycles. The van der Waals surface area contributed by atoms with Gasteiger partial charge in [-0.3, -0.25) is 0 Å². The van der Waals surface area contributed by atoms with Gasteiger partial charge in [-0.25, -0.2) is 8.42 Å². The minimum absolute atomic E-state index is 0.0700. The Morgan fingerprint density at radius 3 is 2.10 bits per heavy atom. The summed E-state index contributed by atoms with van der Waals surface area (Å²) < 4.78 is 31.0. The van der Waals surface area contributed by atoms with Crippen molar-refractivity contribution in [3.05, 3.63) is 30.3 Å². The Hall–Kier alpha value is -0.653. The Morgan fingerprint density at radius 1 is 1.15 bits per heavy atom. The van der Waals surface area contributed by atoms with Crippen molar-refractivity contribution in [3.63, 3.8) is 0 Å². The van der Waals surface area contributed by atoms with Gasteiger partial charge < -0.3 is 4.43 Å². The van der Waals surface area contributed by atoms with E-state index in [9.17, 15) is 8.42 Å². The number of sulfone groups is 1. The van der Waals surface area contributed by atoms with Crippen molar-refractivity contribution in [3.8, 4) is 0 Å². The lowest BCUT2D eigenvalue weighted by atomic mass is 9.95. The van der Waals surface area contributed by atoms with Gasteiger partial charge in [-0.15, -0.1) is 0 Å². The lowest BCUT2D eigenvalue weighted by molar-refractivity contribution is 0.0533. The fraction of sp³-hybridized carbons (Fsp3) is 0.600. The van der Waals surface area contributed by atoms with Crippen LogP contribution in [0.5, 0.6) is 0 Å². The maximum absolute atomic E-state index is 12.4. The molecule has 0 amide bonds. The van der Waals surface area contributed by atoms with Gasteiger partial charge in [-0.2, -0.15) is 0 Å². The van der Waals surface area contributed by atoms with E-state index in [1.807, 2.05) is 26.8 Å². The normalized spacial score (nSPS) is 15.1. The predicted octanol–water partition coefficient (Wildman–Crippen LogP) is 3.73. The first-order valence-electron chi connectivity index (χ1n) is 6.92. The highest BCUT2D eigenvalue weighted by Crippen LogP contribution is 2.28. The van der Waals surface area contributed by atoms with Gasteiger partial charge in [-0.05, 0) is 51.5 Å². The second-order valence-corrected chi connectivity index (χ2v) is 13.3. The minimum Gasteiger partial charge on any atom is -0.412 e. The van der Waals surface area contributed by atoms with Crippen molar-refractivity contribution in [2.24, 2.45) is 5.92 Å². The Balaban J connectivity index is 2.87. The number of benzene rings is 1. The second kappa shape index (κ2) is 5.99. The van der Waals surface area contributed by atoms with E-state index in [1.165, 1.54) is 0 Å². The number of hydrogen-bond donors (Lipinski definition) is 0. The van der Waals surface area contributed by atoms with Gasteiger partial charge in [0.2, 0.25) is 0 Å². The lowest BCUT2D eigenvalue weighted by Gasteiger charge is -2.37. The van der Waals surface area contributed by atoms with E-state index in [4.69, 9.17) is 4.43 Å². The fourth-order valence-corrected chi connectivity index (χ4v) is 5.75. The largest absolute Gasteiger partial charge is 0.412 e. The molecule has 0 aliphatic rings. The Labute approximate surface area is 124 Å². The van der Waals surface area contributed by atoms with Crippen molar-refractivity contribution in [1.29, 1.82) is 0 Å². The van der Waals surface area contributed by atoms with Crippen LogP contribution in [-0.2, 0) is 14.3 Å². The van der Waals surface area contributed by atoms with Gasteiger partial charge in [0.15, 0.2) is 18.2 Å². The van der Waals surface area contributed by atoms with Crippen molar-refractivity contribution in [2.75, 3.05) is 5.75 Å². The first-order chi connectivity index (χ1) is 8.94. The third kappa shape index (κ3) is 5.03. The zero-order valence-electron chi connectivity index (χ0n) is 13.3. The summed E-state index contributed by atoms with van der Waals surface area (Å²) >= 11 is 0. The summed E-state index contributed by atoms with van der Waals surface area (Å²) in [7, 11) is -4.97. The van der Waals surface area contributed by atoms with E-state index >= 15 is 0 Å². The number of hydrogen-bond acceptors (Lipinski definition) is 3. The molecule has 0 N–H and O–H groups in total. The minimum atomic E-state index is -3.26. The first-order valence-corrected chi connectivity index (χ1v) is 12.0. The van der Waals surface area contributed by atoms with Crippen molar-refractivity contribution < 1.29 is 12.8 Å². The molecule has 0 aliphatic heterocycles. The van der Waals surface area contributed by atoms with Crippen LogP contribution >= 0.6 is 0 Å². The molecular formula is C15H26O3SSi. The monoisotopic (exact) mass is 314 g/mol. The van der Waals surface area contributed by atoms with Crippen LogP contribution in [-0.4, -0.2) is 28.1 Å². The SMILES string of the molecule is C[C@H](CS(=O)(=O)c1ccccc1)C(C)(C)O[Si](C)(C)C. The van der Waals surface area contributed by atoms with E-state index in [0.29, 0.717) is 4.90 Å². The molecule has 0 fully saturated rings. The van der Waals surface area contributed by atoms with Gasteiger partial charge >= 0.3 is 0 Å². The molecule has 0 radical (unpaired) electrons.